The topological polar surface area (TPSA) is 32.3 Å². The summed E-state index contributed by atoms with van der Waals surface area (Å²) in [6, 6.07) is 0. The van der Waals surface area contributed by atoms with Gasteiger partial charge in [-0.05, 0) is 30.9 Å². The lowest BCUT2D eigenvalue weighted by Crippen LogP contribution is -2.27. The van der Waals surface area contributed by atoms with Crippen LogP contribution >= 0.6 is 0 Å². The van der Waals surface area contributed by atoms with Crippen molar-refractivity contribution in [1.82, 2.24) is 10.2 Å². The maximum absolute atomic E-state index is 10.9. The van der Waals surface area contributed by atoms with Crippen molar-refractivity contribution in [3.8, 4) is 0 Å². The molecule has 0 bridgehead atoms. The maximum Gasteiger partial charge on any atom is 0.243 e. The van der Waals surface area contributed by atoms with Crippen LogP contribution in [-0.2, 0) is 4.79 Å². The van der Waals surface area contributed by atoms with Crippen LogP contribution in [0.1, 0.15) is 0 Å². The lowest BCUT2D eigenvalue weighted by molar-refractivity contribution is -0.116. The Bertz CT molecular complexity index is 227. The number of rotatable bonds is 3. The van der Waals surface area contributed by atoms with Gasteiger partial charge in [-0.25, -0.2) is 0 Å². The van der Waals surface area contributed by atoms with Crippen LogP contribution in [0, 0.1) is 17.8 Å². The standard InChI is InChI=1S/C10H16N2O/c1-3-10(13)11-4-7-8-5-12(2)6-9(7)8/h3,7-9H,1,4-6H2,2H3,(H,11,13). The van der Waals surface area contributed by atoms with Crippen molar-refractivity contribution in [3.63, 3.8) is 0 Å². The van der Waals surface area contributed by atoms with E-state index in [0.29, 0.717) is 0 Å². The average molecular weight is 180 g/mol. The Morgan fingerprint density at radius 1 is 1.62 bits per heavy atom. The largest absolute Gasteiger partial charge is 0.352 e. The van der Waals surface area contributed by atoms with Crippen molar-refractivity contribution in [3.05, 3.63) is 12.7 Å². The van der Waals surface area contributed by atoms with Crippen molar-refractivity contribution < 1.29 is 4.79 Å². The molecule has 1 aliphatic heterocycles. The summed E-state index contributed by atoms with van der Waals surface area (Å²) in [5, 5.41) is 2.86. The average Bonchev–Trinajstić information content (AvgIpc) is 2.56. The lowest BCUT2D eigenvalue weighted by Gasteiger charge is -2.12. The van der Waals surface area contributed by atoms with Crippen LogP contribution in [0.3, 0.4) is 0 Å². The molecule has 0 aromatic carbocycles. The molecule has 0 aromatic heterocycles. The summed E-state index contributed by atoms with van der Waals surface area (Å²) in [5.74, 6) is 2.38. The van der Waals surface area contributed by atoms with Gasteiger partial charge < -0.3 is 10.2 Å². The van der Waals surface area contributed by atoms with Crippen molar-refractivity contribution in [2.45, 2.75) is 0 Å². The fourth-order valence-electron chi connectivity index (χ4n) is 2.45. The Hall–Kier alpha value is -0.830. The van der Waals surface area contributed by atoms with E-state index in [1.807, 2.05) is 0 Å². The van der Waals surface area contributed by atoms with Crippen molar-refractivity contribution in [2.24, 2.45) is 17.8 Å². The minimum Gasteiger partial charge on any atom is -0.352 e. The SMILES string of the molecule is C=CC(=O)NCC1C2CN(C)CC12. The highest BCUT2D eigenvalue weighted by atomic mass is 16.1. The third-order valence-corrected chi connectivity index (χ3v) is 3.25. The number of nitrogens with zero attached hydrogens (tertiary/aromatic N) is 1. The Morgan fingerprint density at radius 3 is 2.77 bits per heavy atom. The van der Waals surface area contributed by atoms with Gasteiger partial charge in [0.15, 0.2) is 0 Å². The first-order valence-electron chi connectivity index (χ1n) is 4.81. The highest BCUT2D eigenvalue weighted by Gasteiger charge is 2.54. The van der Waals surface area contributed by atoms with Crippen LogP contribution in [0.25, 0.3) is 0 Å². The number of hydrogen-bond donors (Lipinski definition) is 1. The smallest absolute Gasteiger partial charge is 0.243 e. The van der Waals surface area contributed by atoms with Gasteiger partial charge in [-0.15, -0.1) is 0 Å². The normalized spacial score (nSPS) is 36.8. The summed E-state index contributed by atoms with van der Waals surface area (Å²) in [5.41, 5.74) is 0. The minimum absolute atomic E-state index is 0.0432. The molecule has 2 unspecified atom stereocenters. The van der Waals surface area contributed by atoms with E-state index >= 15 is 0 Å². The second kappa shape index (κ2) is 3.14. The van der Waals surface area contributed by atoms with E-state index in [1.54, 1.807) is 0 Å². The number of amides is 1. The zero-order valence-corrected chi connectivity index (χ0v) is 7.99. The Balaban J connectivity index is 1.70. The first-order valence-corrected chi connectivity index (χ1v) is 4.81. The predicted octanol–water partition coefficient (Wildman–Crippen LogP) is 0.0962. The van der Waals surface area contributed by atoms with E-state index in [0.717, 1.165) is 24.3 Å². The zero-order chi connectivity index (χ0) is 9.42. The van der Waals surface area contributed by atoms with E-state index in [4.69, 9.17) is 0 Å². The molecule has 13 heavy (non-hydrogen) atoms. The Morgan fingerprint density at radius 2 is 2.23 bits per heavy atom. The molecule has 2 rings (SSSR count). The van der Waals surface area contributed by atoms with E-state index in [-0.39, 0.29) is 5.91 Å². The van der Waals surface area contributed by atoms with E-state index in [9.17, 15) is 4.79 Å². The molecule has 1 saturated carbocycles. The number of carbonyl (C=O) groups excluding carboxylic acids is 1. The van der Waals surface area contributed by atoms with Crippen LogP contribution in [0.15, 0.2) is 12.7 Å². The molecule has 3 heteroatoms. The number of hydrogen-bond acceptors (Lipinski definition) is 2. The van der Waals surface area contributed by atoms with Gasteiger partial charge in [-0.1, -0.05) is 6.58 Å². The van der Waals surface area contributed by atoms with Gasteiger partial charge >= 0.3 is 0 Å². The second-order valence-corrected chi connectivity index (χ2v) is 4.16. The summed E-state index contributed by atoms with van der Waals surface area (Å²) in [7, 11) is 2.16. The molecule has 0 radical (unpaired) electrons. The summed E-state index contributed by atoms with van der Waals surface area (Å²) < 4.78 is 0. The molecule has 2 aliphatic rings. The first kappa shape index (κ1) is 8.75. The fraction of sp³-hybridized carbons (Fsp3) is 0.700. The highest BCUT2D eigenvalue weighted by molar-refractivity contribution is 5.86. The van der Waals surface area contributed by atoms with Gasteiger partial charge in [0.25, 0.3) is 0 Å². The van der Waals surface area contributed by atoms with E-state index < -0.39 is 0 Å². The van der Waals surface area contributed by atoms with Gasteiger partial charge in [0, 0.05) is 19.6 Å². The van der Waals surface area contributed by atoms with Crippen molar-refractivity contribution >= 4 is 5.91 Å². The van der Waals surface area contributed by atoms with Crippen molar-refractivity contribution in [1.29, 1.82) is 0 Å². The molecule has 1 aliphatic carbocycles. The van der Waals surface area contributed by atoms with Gasteiger partial charge in [0.1, 0.15) is 0 Å². The molecule has 0 aromatic rings. The van der Waals surface area contributed by atoms with Crippen LogP contribution in [0.2, 0.25) is 0 Å². The zero-order valence-electron chi connectivity index (χ0n) is 7.99. The van der Waals surface area contributed by atoms with Gasteiger partial charge in [-0.2, -0.15) is 0 Å². The maximum atomic E-state index is 10.9. The number of likely N-dealkylation sites (tertiary alicyclic amines) is 1. The van der Waals surface area contributed by atoms with E-state index in [1.165, 1.54) is 19.2 Å². The molecule has 1 heterocycles. The first-order chi connectivity index (χ1) is 6.22. The molecule has 2 atom stereocenters. The number of nitrogens with one attached hydrogen (secondary N) is 1. The van der Waals surface area contributed by atoms with Crippen molar-refractivity contribution in [2.75, 3.05) is 26.7 Å². The third-order valence-electron chi connectivity index (χ3n) is 3.25. The molecular formula is C10H16N2O. The molecule has 0 spiro atoms. The van der Waals surface area contributed by atoms with Gasteiger partial charge in [-0.3, -0.25) is 4.79 Å². The lowest BCUT2D eigenvalue weighted by atomic mass is 10.2. The van der Waals surface area contributed by atoms with Gasteiger partial charge in [0.05, 0.1) is 0 Å². The Labute approximate surface area is 78.8 Å². The second-order valence-electron chi connectivity index (χ2n) is 4.16. The monoisotopic (exact) mass is 180 g/mol. The van der Waals surface area contributed by atoms with Crippen LogP contribution in [0.5, 0.6) is 0 Å². The molecule has 3 nitrogen and oxygen atoms in total. The van der Waals surface area contributed by atoms with E-state index in [2.05, 4.69) is 23.8 Å². The summed E-state index contributed by atoms with van der Waals surface area (Å²) in [6.45, 7) is 6.68. The molecule has 2 fully saturated rings. The summed E-state index contributed by atoms with van der Waals surface area (Å²) in [6.07, 6.45) is 1.34. The summed E-state index contributed by atoms with van der Waals surface area (Å²) in [4.78, 5) is 13.3. The highest BCUT2D eigenvalue weighted by Crippen LogP contribution is 2.50. The number of piperidine rings is 1. The minimum atomic E-state index is -0.0432. The Kier molecular flexibility index (Phi) is 2.12. The summed E-state index contributed by atoms with van der Waals surface area (Å²) >= 11 is 0. The van der Waals surface area contributed by atoms with Crippen LogP contribution in [0.4, 0.5) is 0 Å². The molecular weight excluding hydrogens is 164 g/mol. The molecule has 1 N–H and O–H groups in total. The third kappa shape index (κ3) is 1.61. The molecule has 1 amide bonds. The fourth-order valence-corrected chi connectivity index (χ4v) is 2.45. The van der Waals surface area contributed by atoms with Gasteiger partial charge in [0.2, 0.25) is 5.91 Å². The predicted molar refractivity (Wildman–Crippen MR) is 51.2 cm³/mol. The number of fused-ring (bicyclic) bond motifs is 1. The van der Waals surface area contributed by atoms with Crippen LogP contribution in [-0.4, -0.2) is 37.5 Å². The molecule has 72 valence electrons. The molecule has 1 saturated heterocycles. The quantitative estimate of drug-likeness (QED) is 0.625. The van der Waals surface area contributed by atoms with Crippen LogP contribution < -0.4 is 5.32 Å². The number of carbonyl (C=O) groups is 1.